The van der Waals surface area contributed by atoms with Gasteiger partial charge in [0.25, 0.3) is 0 Å². The molecule has 19 heavy (non-hydrogen) atoms. The number of oxazole rings is 1. The van der Waals surface area contributed by atoms with E-state index in [1.807, 2.05) is 30.3 Å². The molecule has 1 fully saturated rings. The Morgan fingerprint density at radius 3 is 2.74 bits per heavy atom. The Kier molecular flexibility index (Phi) is 2.91. The van der Waals surface area contributed by atoms with Crippen LogP contribution in [-0.4, -0.2) is 17.4 Å². The zero-order valence-electron chi connectivity index (χ0n) is 10.5. The Balaban J connectivity index is 1.83. The van der Waals surface area contributed by atoms with Crippen LogP contribution in [0.4, 0.5) is 5.69 Å². The van der Waals surface area contributed by atoms with Crippen LogP contribution in [0.25, 0.3) is 11.3 Å². The maximum atomic E-state index is 11.9. The minimum absolute atomic E-state index is 0.150. The Bertz CT molecular complexity index is 587. The molecule has 0 spiro atoms. The lowest BCUT2D eigenvalue weighted by atomic mass is 10.1. The average Bonchev–Trinajstić information content (AvgIpc) is 3.08. The van der Waals surface area contributed by atoms with Gasteiger partial charge in [0, 0.05) is 30.1 Å². The van der Waals surface area contributed by atoms with Crippen molar-refractivity contribution in [2.45, 2.75) is 6.42 Å². The van der Waals surface area contributed by atoms with E-state index in [2.05, 4.69) is 11.6 Å². The second-order valence-corrected chi connectivity index (χ2v) is 4.62. The van der Waals surface area contributed by atoms with Crippen LogP contribution in [-0.2, 0) is 4.79 Å². The first-order valence-electron chi connectivity index (χ1n) is 6.20. The van der Waals surface area contributed by atoms with Crippen molar-refractivity contribution < 1.29 is 9.21 Å². The lowest BCUT2D eigenvalue weighted by molar-refractivity contribution is -0.117. The molecule has 0 N–H and O–H groups in total. The molecule has 2 heterocycles. The second kappa shape index (κ2) is 4.72. The van der Waals surface area contributed by atoms with Gasteiger partial charge in [-0.15, -0.1) is 6.58 Å². The van der Waals surface area contributed by atoms with E-state index in [1.165, 1.54) is 6.39 Å². The maximum Gasteiger partial charge on any atom is 0.227 e. The summed E-state index contributed by atoms with van der Waals surface area (Å²) in [6.07, 6.45) is 5.47. The number of hydrogen-bond donors (Lipinski definition) is 0. The van der Waals surface area contributed by atoms with Gasteiger partial charge in [-0.25, -0.2) is 4.98 Å². The van der Waals surface area contributed by atoms with E-state index in [1.54, 1.807) is 11.1 Å². The van der Waals surface area contributed by atoms with Crippen molar-refractivity contribution in [2.75, 3.05) is 11.4 Å². The molecule has 1 unspecified atom stereocenters. The molecule has 1 atom stereocenters. The molecule has 0 aliphatic carbocycles. The van der Waals surface area contributed by atoms with Crippen LogP contribution < -0.4 is 4.90 Å². The molecule has 2 aromatic rings. The number of rotatable bonds is 3. The monoisotopic (exact) mass is 254 g/mol. The molecule has 0 bridgehead atoms. The van der Waals surface area contributed by atoms with E-state index in [0.29, 0.717) is 13.0 Å². The normalized spacial score (nSPS) is 18.8. The lowest BCUT2D eigenvalue weighted by Crippen LogP contribution is -2.24. The molecule has 1 aromatic carbocycles. The van der Waals surface area contributed by atoms with Crippen LogP contribution >= 0.6 is 0 Å². The number of anilines is 1. The number of aromatic nitrogens is 1. The van der Waals surface area contributed by atoms with Crippen molar-refractivity contribution in [1.29, 1.82) is 0 Å². The standard InChI is InChI=1S/C15H14N2O2/c1-2-11-7-15(18)17(9-11)13-5-3-12(4-6-13)14-8-16-10-19-14/h2-6,8,10-11H,1,7,9H2. The number of nitrogens with zero attached hydrogens (tertiary/aromatic N) is 2. The van der Waals surface area contributed by atoms with E-state index in [4.69, 9.17) is 4.42 Å². The summed E-state index contributed by atoms with van der Waals surface area (Å²) in [6, 6.07) is 7.73. The topological polar surface area (TPSA) is 46.3 Å². The first-order chi connectivity index (χ1) is 9.28. The third-order valence-electron chi connectivity index (χ3n) is 3.38. The molecule has 1 aromatic heterocycles. The number of carbonyl (C=O) groups is 1. The summed E-state index contributed by atoms with van der Waals surface area (Å²) in [5.74, 6) is 1.13. The van der Waals surface area contributed by atoms with E-state index in [-0.39, 0.29) is 11.8 Å². The van der Waals surface area contributed by atoms with Gasteiger partial charge >= 0.3 is 0 Å². The number of hydrogen-bond acceptors (Lipinski definition) is 3. The average molecular weight is 254 g/mol. The van der Waals surface area contributed by atoms with Gasteiger partial charge in [0.15, 0.2) is 12.2 Å². The molecule has 1 saturated heterocycles. The quantitative estimate of drug-likeness (QED) is 0.791. The molecule has 0 radical (unpaired) electrons. The summed E-state index contributed by atoms with van der Waals surface area (Å²) >= 11 is 0. The maximum absolute atomic E-state index is 11.9. The molecule has 4 nitrogen and oxygen atoms in total. The minimum atomic E-state index is 0.150. The van der Waals surface area contributed by atoms with Crippen molar-refractivity contribution in [3.63, 3.8) is 0 Å². The summed E-state index contributed by atoms with van der Waals surface area (Å²) in [7, 11) is 0. The molecule has 3 rings (SSSR count). The van der Waals surface area contributed by atoms with Crippen molar-refractivity contribution in [3.05, 3.63) is 49.5 Å². The predicted octanol–water partition coefficient (Wildman–Crippen LogP) is 2.88. The van der Waals surface area contributed by atoms with E-state index in [0.717, 1.165) is 17.0 Å². The van der Waals surface area contributed by atoms with Crippen molar-refractivity contribution in [2.24, 2.45) is 5.92 Å². The molecule has 1 amide bonds. The smallest absolute Gasteiger partial charge is 0.227 e. The van der Waals surface area contributed by atoms with Gasteiger partial charge in [0.05, 0.1) is 6.20 Å². The number of benzene rings is 1. The zero-order chi connectivity index (χ0) is 13.2. The van der Waals surface area contributed by atoms with Gasteiger partial charge in [-0.05, 0) is 24.3 Å². The highest BCUT2D eigenvalue weighted by Gasteiger charge is 2.28. The van der Waals surface area contributed by atoms with E-state index < -0.39 is 0 Å². The summed E-state index contributed by atoms with van der Waals surface area (Å²) < 4.78 is 5.24. The highest BCUT2D eigenvalue weighted by molar-refractivity contribution is 5.96. The van der Waals surface area contributed by atoms with Crippen molar-refractivity contribution >= 4 is 11.6 Å². The molecule has 96 valence electrons. The first kappa shape index (κ1) is 11.7. The third-order valence-corrected chi connectivity index (χ3v) is 3.38. The van der Waals surface area contributed by atoms with Crippen LogP contribution in [0, 0.1) is 5.92 Å². The van der Waals surface area contributed by atoms with Crippen LogP contribution in [0.15, 0.2) is 53.9 Å². The van der Waals surface area contributed by atoms with Gasteiger partial charge in [0.2, 0.25) is 5.91 Å². The highest BCUT2D eigenvalue weighted by atomic mass is 16.3. The Morgan fingerprint density at radius 1 is 1.37 bits per heavy atom. The van der Waals surface area contributed by atoms with E-state index in [9.17, 15) is 4.79 Å². The molecule has 1 aliphatic heterocycles. The summed E-state index contributed by atoms with van der Waals surface area (Å²) in [6.45, 7) is 4.47. The first-order valence-corrected chi connectivity index (χ1v) is 6.20. The summed E-state index contributed by atoms with van der Waals surface area (Å²) in [5, 5.41) is 0. The summed E-state index contributed by atoms with van der Waals surface area (Å²) in [5.41, 5.74) is 1.87. The zero-order valence-corrected chi connectivity index (χ0v) is 10.5. The summed E-state index contributed by atoms with van der Waals surface area (Å²) in [4.78, 5) is 17.6. The lowest BCUT2D eigenvalue weighted by Gasteiger charge is -2.16. The second-order valence-electron chi connectivity index (χ2n) is 4.62. The van der Waals surface area contributed by atoms with Gasteiger partial charge in [-0.2, -0.15) is 0 Å². The SMILES string of the molecule is C=CC1CC(=O)N(c2ccc(-c3cnco3)cc2)C1. The molecular weight excluding hydrogens is 240 g/mol. The Morgan fingerprint density at radius 2 is 2.16 bits per heavy atom. The van der Waals surface area contributed by atoms with Crippen LogP contribution in [0.5, 0.6) is 0 Å². The molecule has 1 aliphatic rings. The predicted molar refractivity (Wildman–Crippen MR) is 72.6 cm³/mol. The largest absolute Gasteiger partial charge is 0.444 e. The van der Waals surface area contributed by atoms with Crippen molar-refractivity contribution in [1.82, 2.24) is 4.98 Å². The highest BCUT2D eigenvalue weighted by Crippen LogP contribution is 2.28. The van der Waals surface area contributed by atoms with Gasteiger partial charge < -0.3 is 9.32 Å². The fraction of sp³-hybridized carbons (Fsp3) is 0.200. The van der Waals surface area contributed by atoms with Gasteiger partial charge in [0.1, 0.15) is 0 Å². The Hall–Kier alpha value is -2.36. The number of amides is 1. The third kappa shape index (κ3) is 2.17. The van der Waals surface area contributed by atoms with Crippen LogP contribution in [0.2, 0.25) is 0 Å². The van der Waals surface area contributed by atoms with Crippen molar-refractivity contribution in [3.8, 4) is 11.3 Å². The minimum Gasteiger partial charge on any atom is -0.444 e. The Labute approximate surface area is 111 Å². The molecule has 0 saturated carbocycles. The molecular formula is C15H14N2O2. The van der Waals surface area contributed by atoms with Gasteiger partial charge in [-0.1, -0.05) is 6.08 Å². The van der Waals surface area contributed by atoms with Crippen LogP contribution in [0.1, 0.15) is 6.42 Å². The fourth-order valence-electron chi connectivity index (χ4n) is 2.31. The van der Waals surface area contributed by atoms with Gasteiger partial charge in [-0.3, -0.25) is 4.79 Å². The van der Waals surface area contributed by atoms with Crippen LogP contribution in [0.3, 0.4) is 0 Å². The fourth-order valence-corrected chi connectivity index (χ4v) is 2.31. The van der Waals surface area contributed by atoms with E-state index >= 15 is 0 Å². The molecule has 4 heteroatoms. The number of carbonyl (C=O) groups excluding carboxylic acids is 1.